The van der Waals surface area contributed by atoms with E-state index in [1.165, 1.54) is 43.5 Å². The second-order valence-electron chi connectivity index (χ2n) is 9.62. The van der Waals surface area contributed by atoms with Crippen molar-refractivity contribution in [2.45, 2.75) is 56.5 Å². The van der Waals surface area contributed by atoms with E-state index in [2.05, 4.69) is 18.2 Å². The lowest BCUT2D eigenvalue weighted by Gasteiger charge is -2.30. The van der Waals surface area contributed by atoms with Crippen LogP contribution < -0.4 is 9.47 Å². The van der Waals surface area contributed by atoms with E-state index in [4.69, 9.17) is 9.47 Å². The van der Waals surface area contributed by atoms with Crippen molar-refractivity contribution in [1.82, 2.24) is 0 Å². The van der Waals surface area contributed by atoms with Crippen LogP contribution in [-0.2, 0) is 4.57 Å². The lowest BCUT2D eigenvalue weighted by atomic mass is 9.77. The number of hydrogen-bond acceptors (Lipinski definition) is 4. The van der Waals surface area contributed by atoms with Gasteiger partial charge in [-0.3, -0.25) is 4.57 Å². The van der Waals surface area contributed by atoms with Crippen molar-refractivity contribution >= 4 is 7.37 Å². The number of aliphatic hydroxyl groups is 1. The zero-order valence-corrected chi connectivity index (χ0v) is 20.0. The SMILES string of the molecule is COc1ccc(C2CC2)c(C2CCC(COc3cccc([C@H](O)CP(C)(=O)O)c3)CC2)c1. The molecule has 2 aliphatic carbocycles. The van der Waals surface area contributed by atoms with Crippen molar-refractivity contribution in [2.75, 3.05) is 26.5 Å². The molecule has 32 heavy (non-hydrogen) atoms. The van der Waals surface area contributed by atoms with Gasteiger partial charge in [-0.15, -0.1) is 0 Å². The average Bonchev–Trinajstić information content (AvgIpc) is 3.62. The highest BCUT2D eigenvalue weighted by Gasteiger charge is 2.31. The molecule has 5 nitrogen and oxygen atoms in total. The normalized spacial score (nSPS) is 23.9. The molecule has 2 aliphatic rings. The Hall–Kier alpha value is -1.81. The minimum atomic E-state index is -3.28. The van der Waals surface area contributed by atoms with Crippen LogP contribution in [0.3, 0.4) is 0 Å². The molecule has 0 saturated heterocycles. The highest BCUT2D eigenvalue weighted by atomic mass is 31.2. The minimum absolute atomic E-state index is 0.145. The maximum Gasteiger partial charge on any atom is 0.200 e. The van der Waals surface area contributed by atoms with Crippen molar-refractivity contribution in [3.8, 4) is 11.5 Å². The van der Waals surface area contributed by atoms with Crippen molar-refractivity contribution in [1.29, 1.82) is 0 Å². The third kappa shape index (κ3) is 6.15. The number of hydrogen-bond donors (Lipinski definition) is 2. The Morgan fingerprint density at radius 1 is 0.969 bits per heavy atom. The molecule has 174 valence electrons. The summed E-state index contributed by atoms with van der Waals surface area (Å²) in [7, 11) is -1.54. The molecule has 0 spiro atoms. The Morgan fingerprint density at radius 2 is 1.66 bits per heavy atom. The van der Waals surface area contributed by atoms with Crippen LogP contribution in [-0.4, -0.2) is 36.5 Å². The maximum atomic E-state index is 11.6. The van der Waals surface area contributed by atoms with Crippen LogP contribution in [0.25, 0.3) is 0 Å². The van der Waals surface area contributed by atoms with E-state index in [-0.39, 0.29) is 6.16 Å². The van der Waals surface area contributed by atoms with Crippen LogP contribution >= 0.6 is 7.37 Å². The predicted octanol–water partition coefficient (Wildman–Crippen LogP) is 5.86. The summed E-state index contributed by atoms with van der Waals surface area (Å²) in [6.07, 6.45) is 6.13. The van der Waals surface area contributed by atoms with Gasteiger partial charge in [-0.05, 0) is 97.2 Å². The lowest BCUT2D eigenvalue weighted by Crippen LogP contribution is -2.20. The third-order valence-corrected chi connectivity index (χ3v) is 7.86. The highest BCUT2D eigenvalue weighted by Crippen LogP contribution is 2.47. The molecule has 2 aromatic rings. The van der Waals surface area contributed by atoms with Crippen molar-refractivity contribution in [3.05, 3.63) is 59.2 Å². The van der Waals surface area contributed by atoms with E-state index in [1.807, 2.05) is 12.1 Å². The van der Waals surface area contributed by atoms with Gasteiger partial charge in [0.1, 0.15) is 11.5 Å². The second kappa shape index (κ2) is 9.99. The zero-order chi connectivity index (χ0) is 22.7. The summed E-state index contributed by atoms with van der Waals surface area (Å²) in [6.45, 7) is 1.93. The van der Waals surface area contributed by atoms with Crippen LogP contribution in [0.4, 0.5) is 0 Å². The van der Waals surface area contributed by atoms with E-state index < -0.39 is 13.5 Å². The summed E-state index contributed by atoms with van der Waals surface area (Å²) in [6, 6.07) is 13.9. The lowest BCUT2D eigenvalue weighted by molar-refractivity contribution is 0.191. The van der Waals surface area contributed by atoms with Crippen LogP contribution in [0.15, 0.2) is 42.5 Å². The molecule has 2 N–H and O–H groups in total. The fourth-order valence-electron chi connectivity index (χ4n) is 4.89. The standard InChI is InChI=1S/C26H35O5P/c1-30-22-12-13-24(19-10-11-19)25(15-22)20-8-6-18(7-9-20)16-31-23-5-3-4-21(14-23)26(27)17-32(2,28)29/h3-5,12-15,18-20,26-27H,6-11,16-17H2,1-2H3,(H,28,29)/t18?,20?,26-/m1/s1. The molecular weight excluding hydrogens is 423 g/mol. The Bertz CT molecular complexity index is 956. The first kappa shape index (κ1) is 23.4. The van der Waals surface area contributed by atoms with Gasteiger partial charge in [-0.25, -0.2) is 0 Å². The quantitative estimate of drug-likeness (QED) is 0.461. The third-order valence-electron chi connectivity index (χ3n) is 6.84. The molecule has 0 aliphatic heterocycles. The van der Waals surface area contributed by atoms with Crippen LogP contribution in [0.5, 0.6) is 11.5 Å². The van der Waals surface area contributed by atoms with Crippen molar-refractivity contribution in [2.24, 2.45) is 5.92 Å². The molecule has 0 aromatic heterocycles. The minimum Gasteiger partial charge on any atom is -0.497 e. The smallest absolute Gasteiger partial charge is 0.200 e. The first-order valence-corrected chi connectivity index (χ1v) is 14.0. The predicted molar refractivity (Wildman–Crippen MR) is 127 cm³/mol. The molecular formula is C26H35O5P. The summed E-state index contributed by atoms with van der Waals surface area (Å²) in [5.41, 5.74) is 3.64. The van der Waals surface area contributed by atoms with Gasteiger partial charge in [0.15, 0.2) is 0 Å². The largest absolute Gasteiger partial charge is 0.497 e. The van der Waals surface area contributed by atoms with Crippen LogP contribution in [0.1, 0.15) is 73.2 Å². The van der Waals surface area contributed by atoms with Gasteiger partial charge in [-0.2, -0.15) is 0 Å². The molecule has 2 atom stereocenters. The summed E-state index contributed by atoms with van der Waals surface area (Å²) < 4.78 is 23.1. The summed E-state index contributed by atoms with van der Waals surface area (Å²) in [4.78, 5) is 9.53. The molecule has 0 bridgehead atoms. The van der Waals surface area contributed by atoms with Gasteiger partial charge in [0, 0.05) is 6.66 Å². The molecule has 0 amide bonds. The Morgan fingerprint density at radius 3 is 2.31 bits per heavy atom. The van der Waals surface area contributed by atoms with Crippen LogP contribution in [0, 0.1) is 5.92 Å². The van der Waals surface area contributed by atoms with Gasteiger partial charge in [0.05, 0.1) is 26.0 Å². The number of benzene rings is 2. The molecule has 2 aromatic carbocycles. The first-order valence-electron chi connectivity index (χ1n) is 11.7. The molecule has 2 fully saturated rings. The Labute approximate surface area is 191 Å². The molecule has 0 heterocycles. The fraction of sp³-hybridized carbons (Fsp3) is 0.538. The topological polar surface area (TPSA) is 76.0 Å². The van der Waals surface area contributed by atoms with Gasteiger partial charge >= 0.3 is 0 Å². The number of methoxy groups -OCH3 is 1. The summed E-state index contributed by atoms with van der Waals surface area (Å²) in [5.74, 6) is 3.52. The Kier molecular flexibility index (Phi) is 7.29. The van der Waals surface area contributed by atoms with E-state index in [9.17, 15) is 14.6 Å². The number of rotatable bonds is 9. The van der Waals surface area contributed by atoms with Crippen molar-refractivity contribution < 1.29 is 24.0 Å². The zero-order valence-electron chi connectivity index (χ0n) is 19.1. The number of ether oxygens (including phenoxy) is 2. The molecule has 1 unspecified atom stereocenters. The van der Waals surface area contributed by atoms with E-state index in [0.29, 0.717) is 29.8 Å². The summed E-state index contributed by atoms with van der Waals surface area (Å²) in [5, 5.41) is 10.2. The second-order valence-corrected chi connectivity index (χ2v) is 12.1. The Balaban J connectivity index is 1.32. The van der Waals surface area contributed by atoms with Crippen LogP contribution in [0.2, 0.25) is 0 Å². The average molecular weight is 459 g/mol. The van der Waals surface area contributed by atoms with E-state index in [1.54, 1.807) is 19.2 Å². The molecule has 6 heteroatoms. The van der Waals surface area contributed by atoms with E-state index >= 15 is 0 Å². The first-order chi connectivity index (χ1) is 15.3. The monoisotopic (exact) mass is 458 g/mol. The highest BCUT2D eigenvalue weighted by molar-refractivity contribution is 7.57. The van der Waals surface area contributed by atoms with Gasteiger partial charge in [0.2, 0.25) is 7.37 Å². The molecule has 0 radical (unpaired) electrons. The van der Waals surface area contributed by atoms with Gasteiger partial charge in [-0.1, -0.05) is 18.2 Å². The molecule has 2 saturated carbocycles. The number of aliphatic hydroxyl groups excluding tert-OH is 1. The van der Waals surface area contributed by atoms with Gasteiger partial charge < -0.3 is 19.5 Å². The van der Waals surface area contributed by atoms with Gasteiger partial charge in [0.25, 0.3) is 0 Å². The fourth-order valence-corrected chi connectivity index (χ4v) is 5.74. The van der Waals surface area contributed by atoms with E-state index in [0.717, 1.165) is 24.5 Å². The summed E-state index contributed by atoms with van der Waals surface area (Å²) >= 11 is 0. The molecule has 4 rings (SSSR count). The maximum absolute atomic E-state index is 11.6. The van der Waals surface area contributed by atoms with Crippen molar-refractivity contribution in [3.63, 3.8) is 0 Å².